The first kappa shape index (κ1) is 14.5. The molecular weight excluding hydrogens is 214 g/mol. The molecule has 4 nitrogen and oxygen atoms in total. The second-order valence-electron chi connectivity index (χ2n) is 5.50. The lowest BCUT2D eigenvalue weighted by Crippen LogP contribution is -2.51. The highest BCUT2D eigenvalue weighted by molar-refractivity contribution is 5.78. The fraction of sp³-hybridized carbons (Fsp3) is 0.923. The lowest BCUT2D eigenvalue weighted by atomic mass is 10.2. The van der Waals surface area contributed by atoms with Gasteiger partial charge in [-0.15, -0.1) is 0 Å². The average molecular weight is 241 g/mol. The molecule has 1 saturated heterocycles. The summed E-state index contributed by atoms with van der Waals surface area (Å²) in [7, 11) is 1.89. The van der Waals surface area contributed by atoms with Crippen molar-refractivity contribution in [1.82, 2.24) is 14.7 Å². The number of piperazine rings is 1. The fourth-order valence-corrected chi connectivity index (χ4v) is 2.03. The summed E-state index contributed by atoms with van der Waals surface area (Å²) in [5.41, 5.74) is 0. The highest BCUT2D eigenvalue weighted by Gasteiger charge is 2.22. The van der Waals surface area contributed by atoms with Crippen LogP contribution in [-0.2, 0) is 4.79 Å². The van der Waals surface area contributed by atoms with Gasteiger partial charge in [0.25, 0.3) is 0 Å². The number of likely N-dealkylation sites (N-methyl/N-ethyl adjacent to an activating group) is 1. The molecule has 0 saturated carbocycles. The molecule has 0 aromatic rings. The van der Waals surface area contributed by atoms with Gasteiger partial charge in [-0.3, -0.25) is 14.6 Å². The monoisotopic (exact) mass is 241 g/mol. The van der Waals surface area contributed by atoms with Crippen molar-refractivity contribution in [3.8, 4) is 0 Å². The van der Waals surface area contributed by atoms with Crippen LogP contribution in [0.3, 0.4) is 0 Å². The minimum Gasteiger partial charge on any atom is -0.342 e. The topological polar surface area (TPSA) is 26.8 Å². The molecule has 100 valence electrons. The number of carbonyl (C=O) groups excluding carboxylic acids is 1. The van der Waals surface area contributed by atoms with Gasteiger partial charge < -0.3 is 4.90 Å². The lowest BCUT2D eigenvalue weighted by Gasteiger charge is -2.37. The lowest BCUT2D eigenvalue weighted by molar-refractivity contribution is -0.133. The van der Waals surface area contributed by atoms with Crippen LogP contribution < -0.4 is 0 Å². The molecule has 0 aliphatic carbocycles. The highest BCUT2D eigenvalue weighted by Crippen LogP contribution is 2.06. The van der Waals surface area contributed by atoms with E-state index in [2.05, 4.69) is 37.5 Å². The molecular formula is C13H27N3O. The van der Waals surface area contributed by atoms with Crippen molar-refractivity contribution in [1.29, 1.82) is 0 Å². The molecule has 0 unspecified atom stereocenters. The van der Waals surface area contributed by atoms with E-state index in [0.29, 0.717) is 18.6 Å². The number of nitrogens with zero attached hydrogens (tertiary/aromatic N) is 3. The molecule has 4 heteroatoms. The van der Waals surface area contributed by atoms with Crippen LogP contribution in [0, 0.1) is 0 Å². The van der Waals surface area contributed by atoms with E-state index in [-0.39, 0.29) is 5.91 Å². The van der Waals surface area contributed by atoms with Gasteiger partial charge in [-0.1, -0.05) is 0 Å². The van der Waals surface area contributed by atoms with E-state index >= 15 is 0 Å². The Balaban J connectivity index is 2.33. The van der Waals surface area contributed by atoms with Crippen LogP contribution in [-0.4, -0.2) is 72.5 Å². The Hall–Kier alpha value is -0.610. The molecule has 1 amide bonds. The van der Waals surface area contributed by atoms with Crippen LogP contribution in [0.1, 0.15) is 27.7 Å². The van der Waals surface area contributed by atoms with E-state index in [1.54, 1.807) is 0 Å². The van der Waals surface area contributed by atoms with Crippen LogP contribution >= 0.6 is 0 Å². The summed E-state index contributed by atoms with van der Waals surface area (Å²) in [6, 6.07) is 0.908. The molecule has 1 aliphatic rings. The molecule has 0 aromatic carbocycles. The van der Waals surface area contributed by atoms with Gasteiger partial charge in [-0.25, -0.2) is 0 Å². The molecule has 1 aliphatic heterocycles. The third-order valence-corrected chi connectivity index (χ3v) is 3.66. The maximum absolute atomic E-state index is 11.9. The summed E-state index contributed by atoms with van der Waals surface area (Å²) in [4.78, 5) is 18.5. The average Bonchev–Trinajstić information content (AvgIpc) is 2.28. The van der Waals surface area contributed by atoms with Gasteiger partial charge >= 0.3 is 0 Å². The minimum absolute atomic E-state index is 0.234. The molecule has 1 heterocycles. The molecule has 0 spiro atoms. The summed E-state index contributed by atoms with van der Waals surface area (Å²) in [6.07, 6.45) is 0. The maximum atomic E-state index is 11.9. The van der Waals surface area contributed by atoms with Gasteiger partial charge in [0.15, 0.2) is 0 Å². The van der Waals surface area contributed by atoms with Crippen LogP contribution in [0.5, 0.6) is 0 Å². The van der Waals surface area contributed by atoms with Crippen molar-refractivity contribution in [2.45, 2.75) is 39.8 Å². The molecule has 1 rings (SSSR count). The van der Waals surface area contributed by atoms with E-state index in [1.165, 1.54) is 0 Å². The summed E-state index contributed by atoms with van der Waals surface area (Å²) in [6.45, 7) is 13.3. The van der Waals surface area contributed by atoms with Crippen molar-refractivity contribution in [2.75, 3.05) is 39.8 Å². The number of hydrogen-bond acceptors (Lipinski definition) is 3. The van der Waals surface area contributed by atoms with E-state index < -0.39 is 0 Å². The predicted molar refractivity (Wildman–Crippen MR) is 71.1 cm³/mol. The van der Waals surface area contributed by atoms with Gasteiger partial charge in [-0.05, 0) is 27.7 Å². The predicted octanol–water partition coefficient (Wildman–Crippen LogP) is 0.879. The van der Waals surface area contributed by atoms with E-state index in [4.69, 9.17) is 0 Å². The molecule has 0 radical (unpaired) electrons. The second kappa shape index (κ2) is 6.36. The molecule has 0 atom stereocenters. The Morgan fingerprint density at radius 3 is 2.06 bits per heavy atom. The normalized spacial score (nSPS) is 19.0. The molecule has 0 bridgehead atoms. The third kappa shape index (κ3) is 4.28. The second-order valence-corrected chi connectivity index (χ2v) is 5.50. The van der Waals surface area contributed by atoms with Crippen LogP contribution in [0.25, 0.3) is 0 Å². The number of rotatable bonds is 4. The minimum atomic E-state index is 0.234. The van der Waals surface area contributed by atoms with E-state index in [9.17, 15) is 4.79 Å². The first-order chi connectivity index (χ1) is 7.91. The summed E-state index contributed by atoms with van der Waals surface area (Å²) in [5, 5.41) is 0. The first-order valence-corrected chi connectivity index (χ1v) is 6.64. The number of amides is 1. The zero-order chi connectivity index (χ0) is 13.0. The molecule has 0 N–H and O–H groups in total. The number of hydrogen-bond donors (Lipinski definition) is 0. The fourth-order valence-electron chi connectivity index (χ4n) is 2.03. The SMILES string of the molecule is CC(C)N1CCN(CC(=O)N(C)C(C)C)CC1. The Morgan fingerprint density at radius 2 is 1.65 bits per heavy atom. The number of carbonyl (C=O) groups is 1. The summed E-state index contributed by atoms with van der Waals surface area (Å²) >= 11 is 0. The van der Waals surface area contributed by atoms with Gasteiger partial charge in [0, 0.05) is 45.3 Å². The van der Waals surface area contributed by atoms with Crippen molar-refractivity contribution in [2.24, 2.45) is 0 Å². The quantitative estimate of drug-likeness (QED) is 0.731. The summed E-state index contributed by atoms with van der Waals surface area (Å²) in [5.74, 6) is 0.234. The molecule has 1 fully saturated rings. The highest BCUT2D eigenvalue weighted by atomic mass is 16.2. The smallest absolute Gasteiger partial charge is 0.236 e. The zero-order valence-electron chi connectivity index (χ0n) is 11.9. The van der Waals surface area contributed by atoms with Crippen molar-refractivity contribution >= 4 is 5.91 Å². The Morgan fingerprint density at radius 1 is 1.12 bits per heavy atom. The Kier molecular flexibility index (Phi) is 5.40. The molecule has 17 heavy (non-hydrogen) atoms. The van der Waals surface area contributed by atoms with Gasteiger partial charge in [0.05, 0.1) is 6.54 Å². The van der Waals surface area contributed by atoms with Crippen molar-refractivity contribution < 1.29 is 4.79 Å². The van der Waals surface area contributed by atoms with Gasteiger partial charge in [0.1, 0.15) is 0 Å². The van der Waals surface area contributed by atoms with Crippen LogP contribution in [0.4, 0.5) is 0 Å². The largest absolute Gasteiger partial charge is 0.342 e. The van der Waals surface area contributed by atoms with Gasteiger partial charge in [0.2, 0.25) is 5.91 Å². The summed E-state index contributed by atoms with van der Waals surface area (Å²) < 4.78 is 0. The third-order valence-electron chi connectivity index (χ3n) is 3.66. The van der Waals surface area contributed by atoms with Crippen molar-refractivity contribution in [3.63, 3.8) is 0 Å². The zero-order valence-corrected chi connectivity index (χ0v) is 11.9. The molecule has 0 aromatic heterocycles. The Labute approximate surface area is 106 Å². The van der Waals surface area contributed by atoms with Crippen LogP contribution in [0.2, 0.25) is 0 Å². The van der Waals surface area contributed by atoms with E-state index in [1.807, 2.05) is 11.9 Å². The Bertz CT molecular complexity index is 245. The first-order valence-electron chi connectivity index (χ1n) is 6.64. The standard InChI is InChI=1S/C13H27N3O/c1-11(2)14(5)13(17)10-15-6-8-16(9-7-15)12(3)4/h11-12H,6-10H2,1-5H3. The van der Waals surface area contributed by atoms with Gasteiger partial charge in [-0.2, -0.15) is 0 Å². The van der Waals surface area contributed by atoms with Crippen molar-refractivity contribution in [3.05, 3.63) is 0 Å². The maximum Gasteiger partial charge on any atom is 0.236 e. The van der Waals surface area contributed by atoms with Crippen LogP contribution in [0.15, 0.2) is 0 Å². The van der Waals surface area contributed by atoms with E-state index in [0.717, 1.165) is 26.2 Å².